The fourth-order valence-corrected chi connectivity index (χ4v) is 1.70. The van der Waals surface area contributed by atoms with Gasteiger partial charge in [-0.15, -0.1) is 0 Å². The Hall–Kier alpha value is -1.55. The highest BCUT2D eigenvalue weighted by Gasteiger charge is 2.07. The Morgan fingerprint density at radius 2 is 2.27 bits per heavy atom. The first kappa shape index (κ1) is 9.98. The van der Waals surface area contributed by atoms with Gasteiger partial charge in [0.05, 0.1) is 10.9 Å². The molecule has 0 amide bonds. The number of nitrogen functional groups attached to an aromatic ring is 1. The summed E-state index contributed by atoms with van der Waals surface area (Å²) >= 11 is 5.83. The topological polar surface area (TPSA) is 60.9 Å². The molecule has 15 heavy (non-hydrogen) atoms. The molecule has 0 radical (unpaired) electrons. The quantitative estimate of drug-likeness (QED) is 0.800. The number of fused-ring (bicyclic) bond motifs is 1. The van der Waals surface area contributed by atoms with E-state index in [0.717, 1.165) is 5.52 Å². The SMILES string of the molecule is CCn1nc(N)c(=O)c2cc(Cl)ccc21. The van der Waals surface area contributed by atoms with Crippen LogP contribution in [0, 0.1) is 0 Å². The normalized spacial score (nSPS) is 10.8. The van der Waals surface area contributed by atoms with Crippen molar-refractivity contribution in [2.75, 3.05) is 5.73 Å². The van der Waals surface area contributed by atoms with Crippen molar-refractivity contribution in [3.05, 3.63) is 33.4 Å². The summed E-state index contributed by atoms with van der Waals surface area (Å²) < 4.78 is 1.68. The first-order chi connectivity index (χ1) is 7.13. The number of anilines is 1. The molecule has 0 aliphatic carbocycles. The molecule has 0 aliphatic rings. The summed E-state index contributed by atoms with van der Waals surface area (Å²) in [4.78, 5) is 11.7. The second kappa shape index (κ2) is 3.55. The number of aromatic nitrogens is 2. The summed E-state index contributed by atoms with van der Waals surface area (Å²) in [5.74, 6) is 0.00613. The molecule has 0 atom stereocenters. The molecule has 0 saturated carbocycles. The summed E-state index contributed by atoms with van der Waals surface area (Å²) in [6.07, 6.45) is 0. The third-order valence-electron chi connectivity index (χ3n) is 2.24. The van der Waals surface area contributed by atoms with Crippen LogP contribution in [0.25, 0.3) is 10.9 Å². The van der Waals surface area contributed by atoms with Crippen LogP contribution >= 0.6 is 11.6 Å². The first-order valence-electron chi connectivity index (χ1n) is 4.59. The second-order valence-electron chi connectivity index (χ2n) is 3.19. The molecule has 1 aromatic carbocycles. The van der Waals surface area contributed by atoms with Gasteiger partial charge in [0.1, 0.15) is 0 Å². The van der Waals surface area contributed by atoms with Gasteiger partial charge < -0.3 is 5.73 Å². The monoisotopic (exact) mass is 223 g/mol. The Labute approximate surface area is 91.3 Å². The highest BCUT2D eigenvalue weighted by atomic mass is 35.5. The van der Waals surface area contributed by atoms with Gasteiger partial charge in [0, 0.05) is 11.6 Å². The highest BCUT2D eigenvalue weighted by molar-refractivity contribution is 6.31. The zero-order chi connectivity index (χ0) is 11.0. The minimum Gasteiger partial charge on any atom is -0.379 e. The molecule has 0 bridgehead atoms. The number of hydrogen-bond donors (Lipinski definition) is 1. The smallest absolute Gasteiger partial charge is 0.231 e. The molecule has 0 unspecified atom stereocenters. The van der Waals surface area contributed by atoms with Gasteiger partial charge in [-0.2, -0.15) is 5.10 Å². The van der Waals surface area contributed by atoms with Crippen molar-refractivity contribution >= 4 is 28.3 Å². The molecule has 0 aliphatic heterocycles. The maximum Gasteiger partial charge on any atom is 0.231 e. The van der Waals surface area contributed by atoms with Crippen LogP contribution in [0.15, 0.2) is 23.0 Å². The fraction of sp³-hybridized carbons (Fsp3) is 0.200. The van der Waals surface area contributed by atoms with Crippen molar-refractivity contribution in [3.63, 3.8) is 0 Å². The van der Waals surface area contributed by atoms with E-state index in [1.54, 1.807) is 22.9 Å². The van der Waals surface area contributed by atoms with Gasteiger partial charge >= 0.3 is 0 Å². The largest absolute Gasteiger partial charge is 0.379 e. The Morgan fingerprint density at radius 3 is 2.93 bits per heavy atom. The summed E-state index contributed by atoms with van der Waals surface area (Å²) in [5, 5.41) is 5.02. The molecule has 4 nitrogen and oxygen atoms in total. The number of benzene rings is 1. The molecule has 5 heteroatoms. The maximum atomic E-state index is 11.7. The predicted octanol–water partition coefficient (Wildman–Crippen LogP) is 1.65. The van der Waals surface area contributed by atoms with Gasteiger partial charge in [-0.25, -0.2) is 0 Å². The van der Waals surface area contributed by atoms with Crippen molar-refractivity contribution in [2.24, 2.45) is 0 Å². The molecule has 2 N–H and O–H groups in total. The summed E-state index contributed by atoms with van der Waals surface area (Å²) in [6, 6.07) is 5.12. The lowest BCUT2D eigenvalue weighted by atomic mass is 10.2. The van der Waals surface area contributed by atoms with Gasteiger partial charge in [-0.3, -0.25) is 9.48 Å². The Kier molecular flexibility index (Phi) is 2.36. The molecule has 0 fully saturated rings. The van der Waals surface area contributed by atoms with E-state index in [1.807, 2.05) is 6.92 Å². The van der Waals surface area contributed by atoms with Crippen LogP contribution in [-0.4, -0.2) is 9.78 Å². The van der Waals surface area contributed by atoms with Crippen LogP contribution < -0.4 is 11.2 Å². The molecular weight excluding hydrogens is 214 g/mol. The van der Waals surface area contributed by atoms with Crippen LogP contribution in [0.3, 0.4) is 0 Å². The zero-order valence-corrected chi connectivity index (χ0v) is 8.95. The number of halogens is 1. The van der Waals surface area contributed by atoms with E-state index in [2.05, 4.69) is 5.10 Å². The predicted molar refractivity (Wildman–Crippen MR) is 61.1 cm³/mol. The summed E-state index contributed by atoms with van der Waals surface area (Å²) in [6.45, 7) is 2.59. The Bertz CT molecular complexity index is 577. The summed E-state index contributed by atoms with van der Waals surface area (Å²) in [7, 11) is 0. The first-order valence-corrected chi connectivity index (χ1v) is 4.97. The Balaban J connectivity index is 2.96. The standard InChI is InChI=1S/C10H10ClN3O/c1-2-14-8-4-3-6(11)5-7(8)9(15)10(12)13-14/h3-5H,2H2,1H3,(H2,12,13). The van der Waals surface area contributed by atoms with E-state index in [9.17, 15) is 4.79 Å². The molecule has 1 aromatic heterocycles. The van der Waals surface area contributed by atoms with Gasteiger partial charge in [0.25, 0.3) is 0 Å². The third kappa shape index (κ3) is 1.57. The van der Waals surface area contributed by atoms with Crippen molar-refractivity contribution < 1.29 is 0 Å². The zero-order valence-electron chi connectivity index (χ0n) is 8.20. The van der Waals surface area contributed by atoms with Crippen LogP contribution in [0.2, 0.25) is 5.02 Å². The van der Waals surface area contributed by atoms with E-state index in [4.69, 9.17) is 17.3 Å². The molecule has 2 rings (SSSR count). The average Bonchev–Trinajstić information content (AvgIpc) is 2.23. The van der Waals surface area contributed by atoms with Gasteiger partial charge in [0.2, 0.25) is 5.43 Å². The molecule has 1 heterocycles. The molecule has 78 valence electrons. The highest BCUT2D eigenvalue weighted by Crippen LogP contribution is 2.16. The number of aryl methyl sites for hydroxylation is 1. The molecular formula is C10H10ClN3O. The van der Waals surface area contributed by atoms with E-state index in [1.165, 1.54) is 0 Å². The number of hydrogen-bond acceptors (Lipinski definition) is 3. The minimum absolute atomic E-state index is 0.00613. The van der Waals surface area contributed by atoms with E-state index >= 15 is 0 Å². The lowest BCUT2D eigenvalue weighted by Gasteiger charge is -2.07. The van der Waals surface area contributed by atoms with Crippen molar-refractivity contribution in [1.29, 1.82) is 0 Å². The lowest BCUT2D eigenvalue weighted by molar-refractivity contribution is 0.673. The van der Waals surface area contributed by atoms with Crippen molar-refractivity contribution in [1.82, 2.24) is 9.78 Å². The van der Waals surface area contributed by atoms with E-state index < -0.39 is 0 Å². The lowest BCUT2D eigenvalue weighted by Crippen LogP contribution is -2.17. The van der Waals surface area contributed by atoms with Crippen molar-refractivity contribution in [2.45, 2.75) is 13.5 Å². The van der Waals surface area contributed by atoms with E-state index in [-0.39, 0.29) is 11.2 Å². The Morgan fingerprint density at radius 1 is 1.53 bits per heavy atom. The van der Waals surface area contributed by atoms with Gasteiger partial charge in [-0.05, 0) is 25.1 Å². The number of rotatable bonds is 1. The maximum absolute atomic E-state index is 11.7. The summed E-state index contributed by atoms with van der Waals surface area (Å²) in [5.41, 5.74) is 6.01. The van der Waals surface area contributed by atoms with E-state index in [0.29, 0.717) is 17.0 Å². The molecule has 2 aromatic rings. The van der Waals surface area contributed by atoms with Crippen molar-refractivity contribution in [3.8, 4) is 0 Å². The van der Waals surface area contributed by atoms with Gasteiger partial charge in [0.15, 0.2) is 5.82 Å². The second-order valence-corrected chi connectivity index (χ2v) is 3.63. The van der Waals surface area contributed by atoms with Crippen LogP contribution in [0.4, 0.5) is 5.82 Å². The fourth-order valence-electron chi connectivity index (χ4n) is 1.52. The minimum atomic E-state index is -0.266. The van der Waals surface area contributed by atoms with Crippen LogP contribution in [-0.2, 0) is 6.54 Å². The average molecular weight is 224 g/mol. The molecule has 0 saturated heterocycles. The van der Waals surface area contributed by atoms with Crippen LogP contribution in [0.1, 0.15) is 6.92 Å². The van der Waals surface area contributed by atoms with Crippen LogP contribution in [0.5, 0.6) is 0 Å². The number of nitrogens with two attached hydrogens (primary N) is 1. The molecule has 0 spiro atoms. The number of nitrogens with zero attached hydrogens (tertiary/aromatic N) is 2. The third-order valence-corrected chi connectivity index (χ3v) is 2.48. The van der Waals surface area contributed by atoms with Gasteiger partial charge in [-0.1, -0.05) is 11.6 Å².